The largest absolute Gasteiger partial charge is 0.348 e. The van der Waals surface area contributed by atoms with E-state index in [2.05, 4.69) is 10.3 Å². The highest BCUT2D eigenvalue weighted by atomic mass is 32.2. The van der Waals surface area contributed by atoms with Crippen LogP contribution >= 0.6 is 11.8 Å². The summed E-state index contributed by atoms with van der Waals surface area (Å²) in [6, 6.07) is 5.54. The van der Waals surface area contributed by atoms with Crippen LogP contribution in [0.15, 0.2) is 23.2 Å². The Labute approximate surface area is 146 Å². The highest BCUT2D eigenvalue weighted by Gasteiger charge is 2.45. The van der Waals surface area contributed by atoms with Crippen LogP contribution in [0.4, 0.5) is 5.69 Å². The maximum Gasteiger partial charge on any atom is 0.234 e. The average Bonchev–Trinajstić information content (AvgIpc) is 2.95. The van der Waals surface area contributed by atoms with E-state index in [0.717, 1.165) is 22.0 Å². The number of likely N-dealkylation sites (N-methyl/N-ethyl adjacent to an activating group) is 1. The van der Waals surface area contributed by atoms with Gasteiger partial charge in [0, 0.05) is 12.7 Å². The Hall–Kier alpha value is -1.54. The number of amides is 1. The van der Waals surface area contributed by atoms with Crippen molar-refractivity contribution in [3.8, 4) is 0 Å². The first-order valence-electron chi connectivity index (χ1n) is 7.77. The summed E-state index contributed by atoms with van der Waals surface area (Å²) in [5.74, 6) is 0.425. The first-order chi connectivity index (χ1) is 11.3. The molecule has 0 aromatic heterocycles. The fraction of sp³-hybridized carbons (Fsp3) is 0.500. The molecule has 0 bridgehead atoms. The zero-order chi connectivity index (χ0) is 17.5. The number of sulfone groups is 1. The topological polar surface area (TPSA) is 78.8 Å². The highest BCUT2D eigenvalue weighted by molar-refractivity contribution is 8.14. The van der Waals surface area contributed by atoms with Crippen molar-refractivity contribution < 1.29 is 13.2 Å². The second-order valence-corrected chi connectivity index (χ2v) is 9.41. The van der Waals surface area contributed by atoms with Crippen LogP contribution < -0.4 is 5.32 Å². The van der Waals surface area contributed by atoms with Gasteiger partial charge in [-0.1, -0.05) is 23.9 Å². The van der Waals surface area contributed by atoms with Crippen molar-refractivity contribution in [3.05, 3.63) is 29.3 Å². The van der Waals surface area contributed by atoms with Gasteiger partial charge in [-0.3, -0.25) is 9.79 Å². The number of nitrogens with zero attached hydrogens (tertiary/aromatic N) is 2. The summed E-state index contributed by atoms with van der Waals surface area (Å²) in [6.07, 6.45) is 0. The minimum absolute atomic E-state index is 0.0837. The lowest BCUT2D eigenvalue weighted by Crippen LogP contribution is -2.35. The van der Waals surface area contributed by atoms with E-state index in [-0.39, 0.29) is 35.2 Å². The van der Waals surface area contributed by atoms with E-state index < -0.39 is 9.84 Å². The Kier molecular flexibility index (Phi) is 4.61. The number of hydrogen-bond donors (Lipinski definition) is 1. The van der Waals surface area contributed by atoms with Crippen LogP contribution in [0.1, 0.15) is 11.1 Å². The summed E-state index contributed by atoms with van der Waals surface area (Å²) in [5.41, 5.74) is 3.02. The third-order valence-corrected chi connectivity index (χ3v) is 7.34. The van der Waals surface area contributed by atoms with Crippen molar-refractivity contribution in [1.82, 2.24) is 4.90 Å². The number of aliphatic imine (C=N–C) groups is 1. The molecular weight excluding hydrogens is 346 g/mol. The quantitative estimate of drug-likeness (QED) is 0.875. The zero-order valence-electron chi connectivity index (χ0n) is 13.9. The summed E-state index contributed by atoms with van der Waals surface area (Å²) in [6.45, 7) is 3.99. The smallest absolute Gasteiger partial charge is 0.234 e. The maximum absolute atomic E-state index is 12.2. The van der Waals surface area contributed by atoms with E-state index >= 15 is 0 Å². The number of carbonyl (C=O) groups excluding carboxylic acids is 1. The number of amidine groups is 1. The van der Waals surface area contributed by atoms with Gasteiger partial charge < -0.3 is 10.2 Å². The predicted octanol–water partition coefficient (Wildman–Crippen LogP) is 1.44. The second-order valence-electron chi connectivity index (χ2n) is 6.32. The first-order valence-corrected chi connectivity index (χ1v) is 10.6. The number of nitrogens with one attached hydrogen (secondary N) is 1. The van der Waals surface area contributed by atoms with Crippen LogP contribution in [0.3, 0.4) is 0 Å². The van der Waals surface area contributed by atoms with Gasteiger partial charge in [-0.05, 0) is 31.0 Å². The Morgan fingerprint density at radius 2 is 2.12 bits per heavy atom. The molecule has 0 spiro atoms. The molecule has 2 atom stereocenters. The predicted molar refractivity (Wildman–Crippen MR) is 98.4 cm³/mol. The van der Waals surface area contributed by atoms with Gasteiger partial charge in [0.1, 0.15) is 0 Å². The van der Waals surface area contributed by atoms with Crippen LogP contribution in [-0.2, 0) is 14.6 Å². The molecule has 1 aromatic carbocycles. The van der Waals surface area contributed by atoms with Crippen molar-refractivity contribution in [2.75, 3.05) is 29.6 Å². The van der Waals surface area contributed by atoms with Gasteiger partial charge in [0.05, 0.1) is 29.3 Å². The van der Waals surface area contributed by atoms with Crippen molar-refractivity contribution >= 4 is 38.4 Å². The van der Waals surface area contributed by atoms with Crippen LogP contribution in [0.2, 0.25) is 0 Å². The summed E-state index contributed by atoms with van der Waals surface area (Å²) in [7, 11) is -1.13. The Balaban J connectivity index is 1.58. The molecule has 2 aliphatic heterocycles. The lowest BCUT2D eigenvalue weighted by molar-refractivity contribution is -0.113. The van der Waals surface area contributed by atoms with Crippen molar-refractivity contribution in [2.24, 2.45) is 4.99 Å². The number of hydrogen-bond acceptors (Lipinski definition) is 6. The monoisotopic (exact) mass is 367 g/mol. The van der Waals surface area contributed by atoms with Gasteiger partial charge >= 0.3 is 0 Å². The molecule has 0 aliphatic carbocycles. The highest BCUT2D eigenvalue weighted by Crippen LogP contribution is 2.29. The fourth-order valence-corrected chi connectivity index (χ4v) is 5.82. The molecule has 1 amide bonds. The molecule has 2 heterocycles. The van der Waals surface area contributed by atoms with Crippen LogP contribution in [0, 0.1) is 13.8 Å². The molecule has 1 saturated heterocycles. The number of anilines is 1. The van der Waals surface area contributed by atoms with Crippen LogP contribution in [-0.4, -0.2) is 60.8 Å². The molecule has 0 radical (unpaired) electrons. The Morgan fingerprint density at radius 3 is 2.83 bits per heavy atom. The lowest BCUT2D eigenvalue weighted by atomic mass is 10.1. The molecule has 1 fully saturated rings. The Morgan fingerprint density at radius 1 is 1.38 bits per heavy atom. The van der Waals surface area contributed by atoms with Crippen molar-refractivity contribution in [2.45, 2.75) is 25.9 Å². The molecule has 3 rings (SSSR count). The van der Waals surface area contributed by atoms with E-state index in [1.807, 2.05) is 44.0 Å². The molecule has 8 heteroatoms. The normalized spacial score (nSPS) is 24.6. The van der Waals surface area contributed by atoms with Crippen molar-refractivity contribution in [1.29, 1.82) is 0 Å². The third kappa shape index (κ3) is 3.44. The molecule has 2 aliphatic rings. The van der Waals surface area contributed by atoms with E-state index in [1.54, 1.807) is 0 Å². The summed E-state index contributed by atoms with van der Waals surface area (Å²) >= 11 is 1.36. The van der Waals surface area contributed by atoms with E-state index in [4.69, 9.17) is 0 Å². The van der Waals surface area contributed by atoms with Gasteiger partial charge in [0.2, 0.25) is 5.91 Å². The van der Waals surface area contributed by atoms with Gasteiger partial charge in [-0.2, -0.15) is 0 Å². The average molecular weight is 367 g/mol. The summed E-state index contributed by atoms with van der Waals surface area (Å²) in [5, 5.41) is 3.67. The van der Waals surface area contributed by atoms with Gasteiger partial charge in [0.15, 0.2) is 15.0 Å². The number of carbonyl (C=O) groups is 1. The van der Waals surface area contributed by atoms with Gasteiger partial charge in [-0.25, -0.2) is 8.42 Å². The molecule has 1 N–H and O–H groups in total. The van der Waals surface area contributed by atoms with Crippen LogP contribution in [0.25, 0.3) is 0 Å². The minimum Gasteiger partial charge on any atom is -0.348 e. The standard InChI is InChI=1S/C16H21N3O3S2/c1-10-5-4-6-12(11(10)2)17-15(20)7-23-16-18-13-8-24(21,22)9-14(13)19(16)3/h4-6,13-14H,7-9H2,1-3H3,(H,17,20)/t13-,14-/m0/s1. The fourth-order valence-electron chi connectivity index (χ4n) is 3.02. The molecule has 0 saturated carbocycles. The maximum atomic E-state index is 12.2. The molecule has 24 heavy (non-hydrogen) atoms. The van der Waals surface area contributed by atoms with E-state index in [0.29, 0.717) is 0 Å². The number of benzene rings is 1. The number of aryl methyl sites for hydroxylation is 1. The van der Waals surface area contributed by atoms with Crippen LogP contribution in [0.5, 0.6) is 0 Å². The molecule has 6 nitrogen and oxygen atoms in total. The van der Waals surface area contributed by atoms with E-state index in [9.17, 15) is 13.2 Å². The third-order valence-electron chi connectivity index (χ3n) is 4.58. The molecular formula is C16H21N3O3S2. The Bertz CT molecular complexity index is 805. The zero-order valence-corrected chi connectivity index (χ0v) is 15.6. The van der Waals surface area contributed by atoms with Gasteiger partial charge in [-0.15, -0.1) is 0 Å². The minimum atomic E-state index is -2.98. The summed E-state index contributed by atoms with van der Waals surface area (Å²) in [4.78, 5) is 18.6. The molecule has 1 aromatic rings. The van der Waals surface area contributed by atoms with Gasteiger partial charge in [0.25, 0.3) is 0 Å². The van der Waals surface area contributed by atoms with Crippen molar-refractivity contribution in [3.63, 3.8) is 0 Å². The first kappa shape index (κ1) is 17.3. The SMILES string of the molecule is Cc1cccc(NC(=O)CSC2=N[C@H]3CS(=O)(=O)C[C@@H]3N2C)c1C. The number of rotatable bonds is 3. The second kappa shape index (κ2) is 6.40. The summed E-state index contributed by atoms with van der Waals surface area (Å²) < 4.78 is 23.3. The van der Waals surface area contributed by atoms with E-state index in [1.165, 1.54) is 11.8 Å². The lowest BCUT2D eigenvalue weighted by Gasteiger charge is -2.20. The molecule has 130 valence electrons. The number of thioether (sulfide) groups is 1. The molecule has 0 unspecified atom stereocenters. The number of fused-ring (bicyclic) bond motifs is 1.